The Morgan fingerprint density at radius 1 is 1.24 bits per heavy atom. The van der Waals surface area contributed by atoms with Crippen LogP contribution in [0.2, 0.25) is 0 Å². The van der Waals surface area contributed by atoms with E-state index in [0.717, 1.165) is 0 Å². The van der Waals surface area contributed by atoms with Crippen LogP contribution >= 0.6 is 0 Å². The number of carbonyl (C=O) groups excluding carboxylic acids is 1. The van der Waals surface area contributed by atoms with Crippen molar-refractivity contribution in [3.63, 3.8) is 0 Å². The van der Waals surface area contributed by atoms with Gasteiger partial charge in [0.25, 0.3) is 0 Å². The summed E-state index contributed by atoms with van der Waals surface area (Å²) in [4.78, 5) is 11.5. The molecule has 0 bridgehead atoms. The summed E-state index contributed by atoms with van der Waals surface area (Å²) in [6, 6.07) is 0.0815. The Morgan fingerprint density at radius 2 is 1.71 bits per heavy atom. The zero-order valence-corrected chi connectivity index (χ0v) is 9.43. The molecule has 0 fully saturated rings. The maximum atomic E-state index is 13.2. The van der Waals surface area contributed by atoms with Gasteiger partial charge in [0.05, 0.1) is 6.04 Å². The number of nitrogens with one attached hydrogen (secondary N) is 1. The van der Waals surface area contributed by atoms with Gasteiger partial charge in [-0.05, 0) is 5.92 Å². The topological polar surface area (TPSA) is 55.1 Å². The van der Waals surface area contributed by atoms with E-state index in [-0.39, 0.29) is 5.92 Å². The van der Waals surface area contributed by atoms with Gasteiger partial charge in [0.2, 0.25) is 5.91 Å². The molecule has 3 N–H and O–H groups in total. The number of carbonyl (C=O) groups is 1. The van der Waals surface area contributed by atoms with Crippen molar-refractivity contribution in [2.24, 2.45) is 11.7 Å². The predicted octanol–water partition coefficient (Wildman–Crippen LogP) is 2.03. The smallest absolute Gasteiger partial charge is 0.241 e. The van der Waals surface area contributed by atoms with Crippen molar-refractivity contribution >= 4 is 11.6 Å². The Kier molecular flexibility index (Phi) is 4.11. The number of nitrogens with two attached hydrogens (primary N) is 1. The van der Waals surface area contributed by atoms with E-state index in [1.807, 2.05) is 5.32 Å². The third-order valence-electron chi connectivity index (χ3n) is 2.28. The minimum atomic E-state index is -1.17. The van der Waals surface area contributed by atoms with Crippen LogP contribution < -0.4 is 11.1 Å². The molecule has 6 heteroatoms. The third-order valence-corrected chi connectivity index (χ3v) is 2.28. The number of hydrogen-bond donors (Lipinski definition) is 2. The molecule has 0 heterocycles. The summed E-state index contributed by atoms with van der Waals surface area (Å²) in [6.07, 6.45) is 0. The molecule has 0 radical (unpaired) electrons. The zero-order chi connectivity index (χ0) is 13.2. The zero-order valence-electron chi connectivity index (χ0n) is 9.43. The quantitative estimate of drug-likeness (QED) is 0.857. The lowest BCUT2D eigenvalue weighted by molar-refractivity contribution is -0.118. The van der Waals surface area contributed by atoms with Crippen molar-refractivity contribution in [1.29, 1.82) is 0 Å². The largest absolute Gasteiger partial charge is 0.320 e. The normalized spacial score (nSPS) is 12.6. The highest BCUT2D eigenvalue weighted by Crippen LogP contribution is 2.20. The molecule has 3 nitrogen and oxygen atoms in total. The first-order valence-electron chi connectivity index (χ1n) is 5.04. The van der Waals surface area contributed by atoms with E-state index < -0.39 is 35.1 Å². The molecule has 0 spiro atoms. The number of halogens is 3. The predicted molar refractivity (Wildman–Crippen MR) is 57.8 cm³/mol. The summed E-state index contributed by atoms with van der Waals surface area (Å²) in [5, 5.41) is 2.01. The summed E-state index contributed by atoms with van der Waals surface area (Å²) in [5.41, 5.74) is 4.82. The van der Waals surface area contributed by atoms with Gasteiger partial charge in [-0.2, -0.15) is 0 Å². The van der Waals surface area contributed by atoms with E-state index in [2.05, 4.69) is 0 Å². The number of hydrogen-bond acceptors (Lipinski definition) is 2. The molecule has 1 unspecified atom stereocenters. The van der Waals surface area contributed by atoms with Crippen LogP contribution in [-0.2, 0) is 4.79 Å². The van der Waals surface area contributed by atoms with Crippen molar-refractivity contribution in [3.8, 4) is 0 Å². The molecule has 0 aromatic heterocycles. The molecule has 1 rings (SSSR count). The second-order valence-electron chi connectivity index (χ2n) is 4.00. The average Bonchev–Trinajstić information content (AvgIpc) is 2.21. The van der Waals surface area contributed by atoms with Gasteiger partial charge >= 0.3 is 0 Å². The molecule has 94 valence electrons. The van der Waals surface area contributed by atoms with Crippen molar-refractivity contribution in [2.45, 2.75) is 19.9 Å². The fourth-order valence-electron chi connectivity index (χ4n) is 1.17. The van der Waals surface area contributed by atoms with Crippen LogP contribution in [0.15, 0.2) is 12.1 Å². The fraction of sp³-hybridized carbons (Fsp3) is 0.364. The highest BCUT2D eigenvalue weighted by Gasteiger charge is 2.20. The second kappa shape index (κ2) is 5.18. The van der Waals surface area contributed by atoms with Gasteiger partial charge in [0.15, 0.2) is 11.6 Å². The summed E-state index contributed by atoms with van der Waals surface area (Å²) >= 11 is 0. The number of benzene rings is 1. The van der Waals surface area contributed by atoms with Crippen LogP contribution in [0.25, 0.3) is 0 Å². The summed E-state index contributed by atoms with van der Waals surface area (Å²) in [7, 11) is 0. The van der Waals surface area contributed by atoms with Gasteiger partial charge < -0.3 is 11.1 Å². The third kappa shape index (κ3) is 3.20. The summed E-state index contributed by atoms with van der Waals surface area (Å²) in [5.74, 6) is -4.30. The van der Waals surface area contributed by atoms with Crippen LogP contribution in [0, 0.1) is 23.4 Å². The summed E-state index contributed by atoms with van der Waals surface area (Å²) < 4.78 is 39.0. The van der Waals surface area contributed by atoms with Gasteiger partial charge in [-0.15, -0.1) is 0 Å². The molecule has 0 aliphatic heterocycles. The van der Waals surface area contributed by atoms with Gasteiger partial charge in [-0.3, -0.25) is 4.79 Å². The Labute approximate surface area is 96.8 Å². The molecule has 17 heavy (non-hydrogen) atoms. The van der Waals surface area contributed by atoms with Crippen molar-refractivity contribution in [3.05, 3.63) is 29.6 Å². The highest BCUT2D eigenvalue weighted by molar-refractivity contribution is 5.95. The molecular formula is C11H13F3N2O. The average molecular weight is 246 g/mol. The van der Waals surface area contributed by atoms with Crippen molar-refractivity contribution in [2.75, 3.05) is 5.32 Å². The lowest BCUT2D eigenvalue weighted by Gasteiger charge is -2.16. The lowest BCUT2D eigenvalue weighted by Crippen LogP contribution is -2.40. The monoisotopic (exact) mass is 246 g/mol. The van der Waals surface area contributed by atoms with Crippen LogP contribution in [0.3, 0.4) is 0 Å². The first-order valence-corrected chi connectivity index (χ1v) is 5.04. The maximum absolute atomic E-state index is 13.2. The minimum absolute atomic E-state index is 0.179. The van der Waals surface area contributed by atoms with Gasteiger partial charge in [0, 0.05) is 12.1 Å². The molecular weight excluding hydrogens is 233 g/mol. The molecule has 0 aliphatic carbocycles. The van der Waals surface area contributed by atoms with Crippen molar-refractivity contribution < 1.29 is 18.0 Å². The van der Waals surface area contributed by atoms with Gasteiger partial charge in [-0.25, -0.2) is 13.2 Å². The molecule has 1 amide bonds. The Balaban J connectivity index is 2.93. The molecule has 0 saturated heterocycles. The Bertz CT molecular complexity index is 412. The molecule has 1 aromatic rings. The van der Waals surface area contributed by atoms with Crippen LogP contribution in [0.1, 0.15) is 13.8 Å². The molecule has 0 aliphatic rings. The first-order chi connectivity index (χ1) is 7.82. The fourth-order valence-corrected chi connectivity index (χ4v) is 1.17. The lowest BCUT2D eigenvalue weighted by atomic mass is 10.0. The Morgan fingerprint density at radius 3 is 2.12 bits per heavy atom. The maximum Gasteiger partial charge on any atom is 0.241 e. The SMILES string of the molecule is CC(C)C(N)C(=O)Nc1c(F)cc(F)cc1F. The van der Waals surface area contributed by atoms with Gasteiger partial charge in [0.1, 0.15) is 11.5 Å². The highest BCUT2D eigenvalue weighted by atomic mass is 19.1. The van der Waals surface area contributed by atoms with E-state index in [1.165, 1.54) is 0 Å². The molecule has 1 aromatic carbocycles. The van der Waals surface area contributed by atoms with Crippen LogP contribution in [0.4, 0.5) is 18.9 Å². The number of anilines is 1. The number of rotatable bonds is 3. The van der Waals surface area contributed by atoms with E-state index in [9.17, 15) is 18.0 Å². The minimum Gasteiger partial charge on any atom is -0.320 e. The van der Waals surface area contributed by atoms with E-state index >= 15 is 0 Å². The van der Waals surface area contributed by atoms with Gasteiger partial charge in [-0.1, -0.05) is 13.8 Å². The standard InChI is InChI=1S/C11H13F3N2O/c1-5(2)9(15)11(17)16-10-7(13)3-6(12)4-8(10)14/h3-5,9H,15H2,1-2H3,(H,16,17). The van der Waals surface area contributed by atoms with E-state index in [4.69, 9.17) is 5.73 Å². The van der Waals surface area contributed by atoms with Crippen LogP contribution in [-0.4, -0.2) is 11.9 Å². The van der Waals surface area contributed by atoms with Crippen molar-refractivity contribution in [1.82, 2.24) is 0 Å². The Hall–Kier alpha value is -1.56. The first kappa shape index (κ1) is 13.5. The van der Waals surface area contributed by atoms with E-state index in [0.29, 0.717) is 12.1 Å². The number of amides is 1. The van der Waals surface area contributed by atoms with E-state index in [1.54, 1.807) is 13.8 Å². The molecule has 0 saturated carbocycles. The van der Waals surface area contributed by atoms with Crippen LogP contribution in [0.5, 0.6) is 0 Å². The second-order valence-corrected chi connectivity index (χ2v) is 4.00. The molecule has 1 atom stereocenters. The summed E-state index contributed by atoms with van der Waals surface area (Å²) in [6.45, 7) is 3.39.